The summed E-state index contributed by atoms with van der Waals surface area (Å²) in [5.41, 5.74) is 2.52. The van der Waals surface area contributed by atoms with E-state index in [1.165, 1.54) is 0 Å². The van der Waals surface area contributed by atoms with Gasteiger partial charge in [-0.15, -0.1) is 0 Å². The van der Waals surface area contributed by atoms with Crippen molar-refractivity contribution in [3.8, 4) is 0 Å². The monoisotopic (exact) mass is 540 g/mol. The van der Waals surface area contributed by atoms with Gasteiger partial charge in [0, 0.05) is 18.0 Å². The van der Waals surface area contributed by atoms with E-state index in [2.05, 4.69) is 11.9 Å². The summed E-state index contributed by atoms with van der Waals surface area (Å²) in [6.07, 6.45) is 5.89. The average Bonchev–Trinajstić information content (AvgIpc) is 3.52. The van der Waals surface area contributed by atoms with Crippen LogP contribution in [0.4, 0.5) is 0 Å². The summed E-state index contributed by atoms with van der Waals surface area (Å²) in [7, 11) is 1.83. The molecule has 1 N–H and O–H groups in total. The lowest BCUT2D eigenvalue weighted by Crippen LogP contribution is -2.59. The van der Waals surface area contributed by atoms with E-state index in [1.807, 2.05) is 41.9 Å². The lowest BCUT2D eigenvalue weighted by molar-refractivity contribution is -0.145. The molecule has 2 aromatic carbocycles. The van der Waals surface area contributed by atoms with Gasteiger partial charge in [0.15, 0.2) is 0 Å². The molecule has 2 fully saturated rings. The first-order valence-electron chi connectivity index (χ1n) is 12.6. The number of hydrogen-bond donors (Lipinski definition) is 1. The number of benzene rings is 2. The maximum atomic E-state index is 13.4. The fourth-order valence-electron chi connectivity index (χ4n) is 5.60. The highest BCUT2D eigenvalue weighted by Gasteiger charge is 2.43. The maximum Gasteiger partial charge on any atom is 0.314 e. The molecule has 1 unspecified atom stereocenters. The van der Waals surface area contributed by atoms with Crippen LogP contribution in [0.2, 0.25) is 10.0 Å². The van der Waals surface area contributed by atoms with Gasteiger partial charge >= 0.3 is 5.97 Å². The number of aromatic nitrogens is 1. The molecule has 194 valence electrons. The molecule has 1 saturated heterocycles. The van der Waals surface area contributed by atoms with Crippen molar-refractivity contribution in [2.75, 3.05) is 19.8 Å². The summed E-state index contributed by atoms with van der Waals surface area (Å²) in [6.45, 7) is 4.58. The average molecular weight is 541 g/mol. The van der Waals surface area contributed by atoms with Crippen LogP contribution in [0.15, 0.2) is 55.1 Å². The highest BCUT2D eigenvalue weighted by molar-refractivity contribution is 6.45. The molecule has 3 aromatic rings. The molecule has 1 aliphatic heterocycles. The van der Waals surface area contributed by atoms with Crippen molar-refractivity contribution >= 4 is 46.0 Å². The van der Waals surface area contributed by atoms with Crippen LogP contribution in [-0.2, 0) is 26.9 Å². The Morgan fingerprint density at radius 2 is 1.89 bits per heavy atom. The Kier molecular flexibility index (Phi) is 7.35. The van der Waals surface area contributed by atoms with Crippen LogP contribution in [0.1, 0.15) is 53.2 Å². The molecule has 1 aliphatic carbocycles. The molecule has 6 nitrogen and oxygen atoms in total. The second-order valence-electron chi connectivity index (χ2n) is 9.97. The molecular weight excluding hydrogens is 511 g/mol. The Bertz CT molecular complexity index is 1340. The number of ether oxygens (including phenoxy) is 2. The van der Waals surface area contributed by atoms with Gasteiger partial charge in [0.2, 0.25) is 0 Å². The molecule has 0 spiro atoms. The molecular formula is C29H30Cl2N2O4. The van der Waals surface area contributed by atoms with Gasteiger partial charge in [-0.1, -0.05) is 73.0 Å². The SMILES string of the molecule is C=CCOC(=O)C(c1ccc(C2(NC(=O)c3cc4c(Cl)c(Cl)ccc4n3C)COC2)cc1)C1CCCC1. The Hall–Kier alpha value is -2.80. The number of nitrogens with one attached hydrogen (secondary N) is 1. The highest BCUT2D eigenvalue weighted by Crippen LogP contribution is 2.39. The standard InChI is InChI=1S/C29H30Cl2N2O4/c1-3-14-37-28(35)25(18-6-4-5-7-18)19-8-10-20(11-9-19)29(16-36-17-29)32-27(34)24-15-21-23(33(24)2)13-12-22(30)26(21)31/h3,8-13,15,18,25H,1,4-7,14,16-17H2,2H3,(H,32,34). The van der Waals surface area contributed by atoms with Crippen LogP contribution in [0.25, 0.3) is 10.9 Å². The number of carbonyl (C=O) groups is 2. The first-order valence-corrected chi connectivity index (χ1v) is 13.3. The molecule has 1 amide bonds. The third-order valence-electron chi connectivity index (χ3n) is 7.69. The van der Waals surface area contributed by atoms with Gasteiger partial charge in [0.25, 0.3) is 5.91 Å². The van der Waals surface area contributed by atoms with E-state index in [4.69, 9.17) is 32.7 Å². The number of fused-ring (bicyclic) bond motifs is 1. The van der Waals surface area contributed by atoms with Crippen molar-refractivity contribution in [2.45, 2.75) is 37.1 Å². The fourth-order valence-corrected chi connectivity index (χ4v) is 5.98. The van der Waals surface area contributed by atoms with Crippen molar-refractivity contribution in [1.82, 2.24) is 9.88 Å². The molecule has 2 aliphatic rings. The molecule has 8 heteroatoms. The van der Waals surface area contributed by atoms with E-state index >= 15 is 0 Å². The Morgan fingerprint density at radius 1 is 1.19 bits per heavy atom. The molecule has 1 atom stereocenters. The number of esters is 1. The first kappa shape index (κ1) is 25.8. The van der Waals surface area contributed by atoms with Gasteiger partial charge in [0.05, 0.1) is 29.2 Å². The summed E-state index contributed by atoms with van der Waals surface area (Å²) in [6, 6.07) is 13.3. The van der Waals surface area contributed by atoms with Crippen LogP contribution >= 0.6 is 23.2 Å². The minimum absolute atomic E-state index is 0.205. The molecule has 0 bridgehead atoms. The lowest BCUT2D eigenvalue weighted by atomic mass is 9.82. The second-order valence-corrected chi connectivity index (χ2v) is 10.8. The van der Waals surface area contributed by atoms with Crippen molar-refractivity contribution in [3.05, 3.63) is 82.0 Å². The van der Waals surface area contributed by atoms with E-state index < -0.39 is 5.54 Å². The third-order valence-corrected chi connectivity index (χ3v) is 8.51. The van der Waals surface area contributed by atoms with Gasteiger partial charge in [0.1, 0.15) is 17.8 Å². The molecule has 37 heavy (non-hydrogen) atoms. The number of amides is 1. The number of halogens is 2. The topological polar surface area (TPSA) is 69.6 Å². The number of aryl methyl sites for hydroxylation is 1. The van der Waals surface area contributed by atoms with Gasteiger partial charge in [-0.2, -0.15) is 0 Å². The van der Waals surface area contributed by atoms with E-state index in [0.717, 1.165) is 47.7 Å². The quantitative estimate of drug-likeness (QED) is 0.275. The molecule has 1 saturated carbocycles. The molecule has 5 rings (SSSR count). The predicted octanol–water partition coefficient (Wildman–Crippen LogP) is 6.14. The fraction of sp³-hybridized carbons (Fsp3) is 0.379. The van der Waals surface area contributed by atoms with E-state index in [9.17, 15) is 9.59 Å². The molecule has 0 radical (unpaired) electrons. The summed E-state index contributed by atoms with van der Waals surface area (Å²) < 4.78 is 12.8. The smallest absolute Gasteiger partial charge is 0.314 e. The van der Waals surface area contributed by atoms with E-state index in [0.29, 0.717) is 29.0 Å². The lowest BCUT2D eigenvalue weighted by Gasteiger charge is -2.42. The molecule has 1 aromatic heterocycles. The molecule has 2 heterocycles. The zero-order chi connectivity index (χ0) is 26.2. The first-order chi connectivity index (χ1) is 17.8. The number of carbonyl (C=O) groups excluding carboxylic acids is 2. The van der Waals surface area contributed by atoms with Crippen LogP contribution in [0, 0.1) is 5.92 Å². The number of hydrogen-bond acceptors (Lipinski definition) is 4. The van der Waals surface area contributed by atoms with Gasteiger partial charge in [-0.05, 0) is 48.1 Å². The predicted molar refractivity (Wildman–Crippen MR) is 145 cm³/mol. The minimum atomic E-state index is -0.653. The summed E-state index contributed by atoms with van der Waals surface area (Å²) in [5.74, 6) is -0.457. The Morgan fingerprint density at radius 3 is 2.51 bits per heavy atom. The zero-order valence-electron chi connectivity index (χ0n) is 20.8. The van der Waals surface area contributed by atoms with Crippen LogP contribution < -0.4 is 5.32 Å². The van der Waals surface area contributed by atoms with Gasteiger partial charge in [-0.3, -0.25) is 9.59 Å². The normalized spacial score (nSPS) is 17.8. The van der Waals surface area contributed by atoms with Crippen LogP contribution in [0.3, 0.4) is 0 Å². The van der Waals surface area contributed by atoms with Crippen molar-refractivity contribution < 1.29 is 19.1 Å². The largest absolute Gasteiger partial charge is 0.461 e. The Labute approximate surface area is 226 Å². The van der Waals surface area contributed by atoms with E-state index in [1.54, 1.807) is 18.2 Å². The van der Waals surface area contributed by atoms with E-state index in [-0.39, 0.29) is 30.3 Å². The second kappa shape index (κ2) is 10.5. The summed E-state index contributed by atoms with van der Waals surface area (Å²) in [4.78, 5) is 26.3. The third kappa shape index (κ3) is 4.78. The summed E-state index contributed by atoms with van der Waals surface area (Å²) in [5, 5.41) is 4.79. The van der Waals surface area contributed by atoms with Gasteiger partial charge in [-0.25, -0.2) is 0 Å². The summed E-state index contributed by atoms with van der Waals surface area (Å²) >= 11 is 12.6. The maximum absolute atomic E-state index is 13.4. The van der Waals surface area contributed by atoms with Crippen LogP contribution in [0.5, 0.6) is 0 Å². The zero-order valence-corrected chi connectivity index (χ0v) is 22.3. The number of rotatable bonds is 8. The van der Waals surface area contributed by atoms with Gasteiger partial charge < -0.3 is 19.4 Å². The minimum Gasteiger partial charge on any atom is -0.461 e. The van der Waals surface area contributed by atoms with Crippen LogP contribution in [-0.4, -0.2) is 36.3 Å². The van der Waals surface area contributed by atoms with Crippen molar-refractivity contribution in [1.29, 1.82) is 0 Å². The Balaban J connectivity index is 1.39. The van der Waals surface area contributed by atoms with Crippen molar-refractivity contribution in [2.24, 2.45) is 13.0 Å². The number of nitrogens with zero attached hydrogens (tertiary/aromatic N) is 1. The highest BCUT2D eigenvalue weighted by atomic mass is 35.5. The van der Waals surface area contributed by atoms with Crippen molar-refractivity contribution in [3.63, 3.8) is 0 Å².